The van der Waals surface area contributed by atoms with Crippen LogP contribution in [0.1, 0.15) is 42.6 Å². The molecule has 0 aliphatic heterocycles. The molecule has 0 saturated heterocycles. The lowest BCUT2D eigenvalue weighted by atomic mass is 9.60. The first-order valence-corrected chi connectivity index (χ1v) is 7.49. The maximum atomic E-state index is 12.8. The van der Waals surface area contributed by atoms with Crippen molar-refractivity contribution < 1.29 is 19.7 Å². The van der Waals surface area contributed by atoms with E-state index in [1.54, 1.807) is 7.11 Å². The average molecular weight is 290 g/mol. The third-order valence-electron chi connectivity index (χ3n) is 5.02. The molecule has 2 aliphatic carbocycles. The number of hydrogen-bond acceptors (Lipinski definition) is 4. The van der Waals surface area contributed by atoms with Crippen LogP contribution in [-0.2, 0) is 6.42 Å². The number of aliphatic hydroxyl groups is 1. The average Bonchev–Trinajstić information content (AvgIpc) is 2.35. The van der Waals surface area contributed by atoms with Crippen molar-refractivity contribution in [3.8, 4) is 11.5 Å². The van der Waals surface area contributed by atoms with Crippen LogP contribution in [-0.4, -0.2) is 28.7 Å². The van der Waals surface area contributed by atoms with E-state index in [0.717, 1.165) is 5.56 Å². The largest absolute Gasteiger partial charge is 0.507 e. The van der Waals surface area contributed by atoms with Crippen molar-refractivity contribution in [2.45, 2.75) is 38.7 Å². The Morgan fingerprint density at radius 2 is 2.05 bits per heavy atom. The Balaban J connectivity index is 2.06. The van der Waals surface area contributed by atoms with Gasteiger partial charge in [0.15, 0.2) is 5.78 Å². The molecule has 0 bridgehead atoms. The number of carbonyl (C=O) groups is 1. The van der Waals surface area contributed by atoms with Crippen LogP contribution in [0.25, 0.3) is 0 Å². The number of fused-ring (bicyclic) bond motifs is 2. The van der Waals surface area contributed by atoms with E-state index in [4.69, 9.17) is 4.74 Å². The molecule has 1 aromatic carbocycles. The summed E-state index contributed by atoms with van der Waals surface area (Å²) >= 11 is 0. The van der Waals surface area contributed by atoms with Crippen LogP contribution in [0.2, 0.25) is 0 Å². The van der Waals surface area contributed by atoms with Crippen LogP contribution in [0, 0.1) is 17.8 Å². The van der Waals surface area contributed by atoms with Gasteiger partial charge in [-0.05, 0) is 49.7 Å². The Morgan fingerprint density at radius 1 is 1.33 bits per heavy atom. The first-order valence-electron chi connectivity index (χ1n) is 7.49. The summed E-state index contributed by atoms with van der Waals surface area (Å²) in [6.07, 6.45) is 1.97. The molecule has 0 spiro atoms. The Hall–Kier alpha value is -1.55. The summed E-state index contributed by atoms with van der Waals surface area (Å²) in [5.74, 6) is 0.753. The molecule has 0 amide bonds. The monoisotopic (exact) mass is 290 g/mol. The summed E-state index contributed by atoms with van der Waals surface area (Å²) in [5.41, 5.74) is 0.577. The highest BCUT2D eigenvalue weighted by atomic mass is 16.5. The van der Waals surface area contributed by atoms with Gasteiger partial charge < -0.3 is 14.9 Å². The summed E-state index contributed by atoms with van der Waals surface area (Å²) in [5, 5.41) is 20.6. The van der Waals surface area contributed by atoms with Crippen LogP contribution in [0.4, 0.5) is 0 Å². The number of hydrogen-bond donors (Lipinski definition) is 2. The highest BCUT2D eigenvalue weighted by Crippen LogP contribution is 2.48. The number of rotatable bonds is 1. The van der Waals surface area contributed by atoms with Gasteiger partial charge in [0.05, 0.1) is 18.3 Å². The molecule has 1 aromatic rings. The zero-order chi connectivity index (χ0) is 15.4. The summed E-state index contributed by atoms with van der Waals surface area (Å²) in [4.78, 5) is 12.8. The van der Waals surface area contributed by atoms with E-state index < -0.39 is 5.60 Å². The van der Waals surface area contributed by atoms with Gasteiger partial charge >= 0.3 is 0 Å². The number of methoxy groups -OCH3 is 1. The summed E-state index contributed by atoms with van der Waals surface area (Å²) in [6, 6.07) is 3.33. The van der Waals surface area contributed by atoms with Crippen molar-refractivity contribution in [2.24, 2.45) is 17.8 Å². The van der Waals surface area contributed by atoms with Crippen molar-refractivity contribution >= 4 is 5.78 Å². The first kappa shape index (κ1) is 14.4. The zero-order valence-electron chi connectivity index (χ0n) is 12.7. The quantitative estimate of drug-likeness (QED) is 0.834. The van der Waals surface area contributed by atoms with Crippen LogP contribution >= 0.6 is 0 Å². The van der Waals surface area contributed by atoms with E-state index in [2.05, 4.69) is 0 Å². The van der Waals surface area contributed by atoms with Crippen molar-refractivity contribution in [3.63, 3.8) is 0 Å². The van der Waals surface area contributed by atoms with Crippen molar-refractivity contribution in [1.82, 2.24) is 0 Å². The van der Waals surface area contributed by atoms with E-state index in [1.165, 1.54) is 6.07 Å². The van der Waals surface area contributed by atoms with Gasteiger partial charge in [0, 0.05) is 12.0 Å². The molecule has 2 aliphatic rings. The lowest BCUT2D eigenvalue weighted by Gasteiger charge is -2.45. The maximum absolute atomic E-state index is 12.8. The van der Waals surface area contributed by atoms with Crippen LogP contribution < -0.4 is 4.74 Å². The lowest BCUT2D eigenvalue weighted by Crippen LogP contribution is -2.47. The summed E-state index contributed by atoms with van der Waals surface area (Å²) in [7, 11) is 1.54. The highest BCUT2D eigenvalue weighted by molar-refractivity contribution is 6.03. The van der Waals surface area contributed by atoms with Crippen LogP contribution in [0.3, 0.4) is 0 Å². The Kier molecular flexibility index (Phi) is 3.24. The number of ketones is 1. The normalized spacial score (nSPS) is 35.0. The number of phenols is 1. The SMILES string of the molecule is COc1cc(O)c2c(c1)CC1C[C@](C)(O)CC(C)C1C2=O. The third-order valence-corrected chi connectivity index (χ3v) is 5.02. The van der Waals surface area contributed by atoms with Gasteiger partial charge in [0.25, 0.3) is 0 Å². The summed E-state index contributed by atoms with van der Waals surface area (Å²) in [6.45, 7) is 3.87. The van der Waals surface area contributed by atoms with Gasteiger partial charge in [-0.25, -0.2) is 0 Å². The molecular formula is C17H22O4. The smallest absolute Gasteiger partial charge is 0.170 e. The Labute approximate surface area is 124 Å². The van der Waals surface area contributed by atoms with Crippen LogP contribution in [0.15, 0.2) is 12.1 Å². The first-order chi connectivity index (χ1) is 9.82. The lowest BCUT2D eigenvalue weighted by molar-refractivity contribution is -0.0401. The molecule has 0 aromatic heterocycles. The van der Waals surface area contributed by atoms with E-state index in [1.807, 2.05) is 19.9 Å². The molecule has 2 N–H and O–H groups in total. The molecule has 1 fully saturated rings. The van der Waals surface area contributed by atoms with E-state index in [9.17, 15) is 15.0 Å². The van der Waals surface area contributed by atoms with Gasteiger partial charge in [0.1, 0.15) is 11.5 Å². The number of carbonyl (C=O) groups excluding carboxylic acids is 1. The zero-order valence-corrected chi connectivity index (χ0v) is 12.7. The third kappa shape index (κ3) is 2.31. The second-order valence-corrected chi connectivity index (χ2v) is 6.92. The van der Waals surface area contributed by atoms with Gasteiger partial charge in [-0.3, -0.25) is 4.79 Å². The molecule has 1 saturated carbocycles. The summed E-state index contributed by atoms with van der Waals surface area (Å²) < 4.78 is 5.17. The molecule has 4 nitrogen and oxygen atoms in total. The van der Waals surface area contributed by atoms with Gasteiger partial charge in [-0.1, -0.05) is 6.92 Å². The molecule has 0 heterocycles. The highest BCUT2D eigenvalue weighted by Gasteiger charge is 2.47. The van der Waals surface area contributed by atoms with Crippen molar-refractivity contribution in [1.29, 1.82) is 0 Å². The second-order valence-electron chi connectivity index (χ2n) is 6.92. The number of aromatic hydroxyl groups is 1. The molecule has 0 radical (unpaired) electrons. The topological polar surface area (TPSA) is 66.8 Å². The molecule has 21 heavy (non-hydrogen) atoms. The molecule has 4 heteroatoms. The molecule has 3 unspecified atom stereocenters. The Morgan fingerprint density at radius 3 is 2.71 bits per heavy atom. The van der Waals surface area contributed by atoms with Gasteiger partial charge in [-0.15, -0.1) is 0 Å². The molecule has 4 atom stereocenters. The molecule has 3 rings (SSSR count). The standard InChI is InChI=1S/C17H22O4/c1-9-7-17(2,20)8-11-4-10-5-12(21-3)6-13(18)15(10)16(19)14(9)11/h5-6,9,11,14,18,20H,4,7-8H2,1-3H3/t9?,11?,14?,17-/m1/s1. The maximum Gasteiger partial charge on any atom is 0.170 e. The van der Waals surface area contributed by atoms with Gasteiger partial charge in [0.2, 0.25) is 0 Å². The van der Waals surface area contributed by atoms with E-state index >= 15 is 0 Å². The van der Waals surface area contributed by atoms with Gasteiger partial charge in [-0.2, -0.15) is 0 Å². The minimum absolute atomic E-state index is 0.0114. The predicted molar refractivity (Wildman–Crippen MR) is 78.7 cm³/mol. The fourth-order valence-corrected chi connectivity index (χ4v) is 4.40. The van der Waals surface area contributed by atoms with Crippen molar-refractivity contribution in [3.05, 3.63) is 23.3 Å². The predicted octanol–water partition coefficient (Wildman–Crippen LogP) is 2.55. The van der Waals surface area contributed by atoms with E-state index in [-0.39, 0.29) is 29.3 Å². The molecule has 114 valence electrons. The van der Waals surface area contributed by atoms with E-state index in [0.29, 0.717) is 30.6 Å². The van der Waals surface area contributed by atoms with Crippen molar-refractivity contribution in [2.75, 3.05) is 7.11 Å². The minimum atomic E-state index is -0.709. The second kappa shape index (κ2) is 4.73. The number of Topliss-reactive ketones (excluding diaryl/α,β-unsaturated/α-hetero) is 1. The molecular weight excluding hydrogens is 268 g/mol. The number of phenolic OH excluding ortho intramolecular Hbond substituents is 1. The number of benzene rings is 1. The number of ether oxygens (including phenoxy) is 1. The van der Waals surface area contributed by atoms with Crippen LogP contribution in [0.5, 0.6) is 11.5 Å². The minimum Gasteiger partial charge on any atom is -0.507 e. The fraction of sp³-hybridized carbons (Fsp3) is 0.588. The Bertz CT molecular complexity index is 591. The fourth-order valence-electron chi connectivity index (χ4n) is 4.40.